The van der Waals surface area contributed by atoms with Gasteiger partial charge in [0.05, 0.1) is 19.3 Å². The van der Waals surface area contributed by atoms with Crippen molar-refractivity contribution in [1.82, 2.24) is 5.32 Å². The lowest BCUT2D eigenvalue weighted by Crippen LogP contribution is -2.67. The lowest BCUT2D eigenvalue weighted by atomic mass is 10.2. The van der Waals surface area contributed by atoms with Gasteiger partial charge in [-0.2, -0.15) is 26.3 Å². The number of halogens is 6. The molecule has 0 spiro atoms. The second-order valence-corrected chi connectivity index (χ2v) is 5.45. The summed E-state index contributed by atoms with van der Waals surface area (Å²) in [5, 5.41) is 2.94. The fraction of sp³-hybridized carbons (Fsp3) is 0.438. The Labute approximate surface area is 165 Å². The average Bonchev–Trinajstić information content (AvgIpc) is 2.63. The van der Waals surface area contributed by atoms with E-state index in [1.807, 2.05) is 5.32 Å². The molecule has 1 rings (SSSR count). The van der Waals surface area contributed by atoms with Crippen LogP contribution in [-0.2, 0) is 19.0 Å². The number of rotatable bonds is 7. The Balaban J connectivity index is 3.13. The molecule has 0 fully saturated rings. The van der Waals surface area contributed by atoms with E-state index in [-0.39, 0.29) is 11.3 Å². The van der Waals surface area contributed by atoms with Crippen molar-refractivity contribution < 1.29 is 54.9 Å². The molecule has 0 aromatic heterocycles. The number of carbonyl (C=O) groups excluding carboxylic acids is 3. The number of hydrogen-bond donors (Lipinski definition) is 2. The molecule has 0 heterocycles. The molecule has 2 amide bonds. The standard InChI is InChI=1S/C16H16F6N2O6/c1-3-29-12(26)15(16(20,21)22,30-8-14(17,18)19)24-13(27)23-10-6-4-9(5-7-10)11(25)28-2/h4-7H,3,8H2,1-2H3,(H2,23,24,27)/t15-/m1/s1. The zero-order valence-corrected chi connectivity index (χ0v) is 15.4. The highest BCUT2D eigenvalue weighted by atomic mass is 19.4. The second-order valence-electron chi connectivity index (χ2n) is 5.45. The molecule has 8 nitrogen and oxygen atoms in total. The Kier molecular flexibility index (Phi) is 8.04. The van der Waals surface area contributed by atoms with Crippen LogP contribution in [-0.4, -0.2) is 56.4 Å². The van der Waals surface area contributed by atoms with Crippen LogP contribution in [0.2, 0.25) is 0 Å². The molecule has 0 saturated carbocycles. The van der Waals surface area contributed by atoms with Gasteiger partial charge < -0.3 is 19.5 Å². The largest absolute Gasteiger partial charge is 0.465 e. The number of ether oxygens (including phenoxy) is 3. The summed E-state index contributed by atoms with van der Waals surface area (Å²) in [7, 11) is 1.11. The van der Waals surface area contributed by atoms with Crippen LogP contribution in [0, 0.1) is 0 Å². The number of anilines is 1. The minimum Gasteiger partial charge on any atom is -0.465 e. The highest BCUT2D eigenvalue weighted by Gasteiger charge is 2.66. The van der Waals surface area contributed by atoms with E-state index in [4.69, 9.17) is 0 Å². The molecule has 0 aliphatic carbocycles. The fourth-order valence-electron chi connectivity index (χ4n) is 1.97. The van der Waals surface area contributed by atoms with Crippen molar-refractivity contribution in [2.75, 3.05) is 25.6 Å². The number of carbonyl (C=O) groups is 3. The first-order valence-corrected chi connectivity index (χ1v) is 7.98. The molecule has 168 valence electrons. The third-order valence-electron chi connectivity index (χ3n) is 3.27. The summed E-state index contributed by atoms with van der Waals surface area (Å²) in [5.41, 5.74) is -4.53. The Morgan fingerprint density at radius 2 is 1.57 bits per heavy atom. The van der Waals surface area contributed by atoms with Gasteiger partial charge in [0.25, 0.3) is 0 Å². The van der Waals surface area contributed by atoms with Crippen LogP contribution in [0.3, 0.4) is 0 Å². The van der Waals surface area contributed by atoms with Gasteiger partial charge in [0.1, 0.15) is 6.61 Å². The molecule has 1 aromatic carbocycles. The Morgan fingerprint density at radius 1 is 1.00 bits per heavy atom. The van der Waals surface area contributed by atoms with Crippen LogP contribution in [0.15, 0.2) is 24.3 Å². The molecule has 0 bridgehead atoms. The number of urea groups is 1. The minimum absolute atomic E-state index is 0.0492. The van der Waals surface area contributed by atoms with E-state index in [1.165, 1.54) is 0 Å². The fourth-order valence-corrected chi connectivity index (χ4v) is 1.97. The Hall–Kier alpha value is -3.03. The van der Waals surface area contributed by atoms with Crippen molar-refractivity contribution in [3.8, 4) is 0 Å². The lowest BCUT2D eigenvalue weighted by molar-refractivity contribution is -0.305. The molecule has 1 aromatic rings. The third kappa shape index (κ3) is 6.50. The van der Waals surface area contributed by atoms with Crippen LogP contribution in [0.25, 0.3) is 0 Å². The molecule has 0 saturated heterocycles. The SMILES string of the molecule is CCOC(=O)[C@@](NC(=O)Nc1ccc(C(=O)OC)cc1)(OCC(F)(F)F)C(F)(F)F. The maximum Gasteiger partial charge on any atom is 0.448 e. The van der Waals surface area contributed by atoms with Gasteiger partial charge in [-0.1, -0.05) is 0 Å². The molecule has 0 aliphatic rings. The predicted octanol–water partition coefficient (Wildman–Crippen LogP) is 3.00. The van der Waals surface area contributed by atoms with Gasteiger partial charge in [0.2, 0.25) is 0 Å². The van der Waals surface area contributed by atoms with Crippen LogP contribution >= 0.6 is 0 Å². The summed E-state index contributed by atoms with van der Waals surface area (Å²) in [6, 6.07) is 2.78. The number of methoxy groups -OCH3 is 1. The van der Waals surface area contributed by atoms with E-state index in [2.05, 4.69) is 14.2 Å². The van der Waals surface area contributed by atoms with Crippen LogP contribution in [0.1, 0.15) is 17.3 Å². The molecule has 1 atom stereocenters. The first-order chi connectivity index (χ1) is 13.8. The van der Waals surface area contributed by atoms with Crippen molar-refractivity contribution >= 4 is 23.7 Å². The first-order valence-electron chi connectivity index (χ1n) is 7.98. The molecule has 0 unspecified atom stereocenters. The third-order valence-corrected chi connectivity index (χ3v) is 3.27. The van der Waals surface area contributed by atoms with Gasteiger partial charge in [0, 0.05) is 5.69 Å². The molecule has 14 heteroatoms. The van der Waals surface area contributed by atoms with Gasteiger partial charge in [0.15, 0.2) is 0 Å². The number of amides is 2. The Bertz CT molecular complexity index is 765. The predicted molar refractivity (Wildman–Crippen MR) is 87.4 cm³/mol. The van der Waals surface area contributed by atoms with Gasteiger partial charge in [-0.25, -0.2) is 14.4 Å². The summed E-state index contributed by atoms with van der Waals surface area (Å²) in [6.07, 6.45) is -11.1. The topological polar surface area (TPSA) is 103 Å². The number of nitrogens with one attached hydrogen (secondary N) is 2. The van der Waals surface area contributed by atoms with Crippen molar-refractivity contribution in [1.29, 1.82) is 0 Å². The molecule has 30 heavy (non-hydrogen) atoms. The molecular weight excluding hydrogens is 430 g/mol. The average molecular weight is 446 g/mol. The van der Waals surface area contributed by atoms with Crippen LogP contribution in [0.4, 0.5) is 36.8 Å². The highest BCUT2D eigenvalue weighted by molar-refractivity contribution is 5.95. The van der Waals surface area contributed by atoms with Crippen molar-refractivity contribution in [2.45, 2.75) is 25.0 Å². The van der Waals surface area contributed by atoms with E-state index < -0.39 is 49.3 Å². The Morgan fingerprint density at radius 3 is 2.00 bits per heavy atom. The molecular formula is C16H16F6N2O6. The molecule has 0 aliphatic heterocycles. The van der Waals surface area contributed by atoms with Crippen LogP contribution in [0.5, 0.6) is 0 Å². The monoisotopic (exact) mass is 446 g/mol. The van der Waals surface area contributed by atoms with E-state index in [9.17, 15) is 40.7 Å². The van der Waals surface area contributed by atoms with Crippen LogP contribution < -0.4 is 10.6 Å². The summed E-state index contributed by atoms with van der Waals surface area (Å²) < 4.78 is 90.2. The van der Waals surface area contributed by atoms with E-state index in [1.54, 1.807) is 0 Å². The lowest BCUT2D eigenvalue weighted by Gasteiger charge is -2.33. The van der Waals surface area contributed by atoms with Gasteiger partial charge in [-0.3, -0.25) is 5.32 Å². The maximum absolute atomic E-state index is 13.5. The van der Waals surface area contributed by atoms with Gasteiger partial charge in [-0.05, 0) is 31.2 Å². The quantitative estimate of drug-likeness (QED) is 0.379. The van der Waals surface area contributed by atoms with E-state index in [0.29, 0.717) is 0 Å². The summed E-state index contributed by atoms with van der Waals surface area (Å²) in [4.78, 5) is 35.2. The summed E-state index contributed by atoms with van der Waals surface area (Å²) in [5.74, 6) is -3.03. The van der Waals surface area contributed by atoms with Crippen molar-refractivity contribution in [3.63, 3.8) is 0 Å². The van der Waals surface area contributed by atoms with Gasteiger partial charge in [-0.15, -0.1) is 0 Å². The van der Waals surface area contributed by atoms with Crippen molar-refractivity contribution in [3.05, 3.63) is 29.8 Å². The maximum atomic E-state index is 13.5. The van der Waals surface area contributed by atoms with E-state index >= 15 is 0 Å². The number of hydrogen-bond acceptors (Lipinski definition) is 6. The molecule has 0 radical (unpaired) electrons. The smallest absolute Gasteiger partial charge is 0.448 e. The zero-order valence-electron chi connectivity index (χ0n) is 15.4. The zero-order chi connectivity index (χ0) is 23.2. The normalized spacial score (nSPS) is 13.7. The minimum atomic E-state index is -5.81. The highest BCUT2D eigenvalue weighted by Crippen LogP contribution is 2.34. The van der Waals surface area contributed by atoms with Gasteiger partial charge >= 0.3 is 36.0 Å². The number of benzene rings is 1. The summed E-state index contributed by atoms with van der Waals surface area (Å²) in [6.45, 7) is -2.03. The molecule has 2 N–H and O–H groups in total. The van der Waals surface area contributed by atoms with Crippen molar-refractivity contribution in [2.24, 2.45) is 0 Å². The second kappa shape index (κ2) is 9.65. The number of esters is 2. The summed E-state index contributed by atoms with van der Waals surface area (Å²) >= 11 is 0. The first kappa shape index (κ1) is 25.0. The van der Waals surface area contributed by atoms with E-state index in [0.717, 1.165) is 43.6 Å². The number of alkyl halides is 6.